The molecular formula is C33H39F3O3. The van der Waals surface area contributed by atoms with Crippen molar-refractivity contribution in [2.75, 3.05) is 19.8 Å². The van der Waals surface area contributed by atoms with Gasteiger partial charge in [0.1, 0.15) is 5.82 Å². The van der Waals surface area contributed by atoms with E-state index in [-0.39, 0.29) is 11.3 Å². The lowest BCUT2D eigenvalue weighted by molar-refractivity contribution is -0.207. The van der Waals surface area contributed by atoms with Gasteiger partial charge in [0.25, 0.3) is 0 Å². The van der Waals surface area contributed by atoms with E-state index in [1.165, 1.54) is 31.0 Å². The number of halogens is 3. The van der Waals surface area contributed by atoms with Gasteiger partial charge in [0, 0.05) is 17.0 Å². The third-order valence-electron chi connectivity index (χ3n) is 7.27. The van der Waals surface area contributed by atoms with Gasteiger partial charge in [0.2, 0.25) is 5.82 Å². The Bertz CT molecular complexity index is 1190. The monoisotopic (exact) mass is 540 g/mol. The maximum absolute atomic E-state index is 15.0. The maximum atomic E-state index is 15.0. The first-order valence-electron chi connectivity index (χ1n) is 14.3. The van der Waals surface area contributed by atoms with Crippen molar-refractivity contribution in [1.82, 2.24) is 0 Å². The van der Waals surface area contributed by atoms with Crippen molar-refractivity contribution in [3.05, 3.63) is 77.6 Å². The topological polar surface area (TPSA) is 27.7 Å². The average Bonchev–Trinajstić information content (AvgIpc) is 2.96. The summed E-state index contributed by atoms with van der Waals surface area (Å²) in [7, 11) is 0. The number of hydrogen-bond acceptors (Lipinski definition) is 3. The summed E-state index contributed by atoms with van der Waals surface area (Å²) in [4.78, 5) is 0. The summed E-state index contributed by atoms with van der Waals surface area (Å²) in [6, 6.07) is 14.9. The standard InChI is InChI=1S/C33H39F3O3/c1-3-5-7-9-19-37-30-18-17-27(31(35)32(30)36)25-13-11-24(12-14-25)26-15-16-28(29(34)20-26)33-38-21-23(22-39-33)10-8-6-4-2/h11-18,20,23,33H,3-10,19,21-22H2,1-2H3. The summed E-state index contributed by atoms with van der Waals surface area (Å²) in [6.45, 7) is 5.79. The van der Waals surface area contributed by atoms with Crippen LogP contribution in [0, 0.1) is 23.4 Å². The van der Waals surface area contributed by atoms with Crippen molar-refractivity contribution in [2.24, 2.45) is 5.92 Å². The summed E-state index contributed by atoms with van der Waals surface area (Å²) in [5, 5.41) is 0. The molecule has 6 heteroatoms. The normalized spacial score (nSPS) is 17.4. The Morgan fingerprint density at radius 3 is 2.08 bits per heavy atom. The van der Waals surface area contributed by atoms with E-state index in [1.54, 1.807) is 30.3 Å². The van der Waals surface area contributed by atoms with Crippen LogP contribution in [0.15, 0.2) is 54.6 Å². The van der Waals surface area contributed by atoms with Crippen molar-refractivity contribution < 1.29 is 27.4 Å². The van der Waals surface area contributed by atoms with Crippen LogP contribution in [0.5, 0.6) is 5.75 Å². The Morgan fingerprint density at radius 1 is 0.718 bits per heavy atom. The van der Waals surface area contributed by atoms with Crippen LogP contribution in [0.25, 0.3) is 22.3 Å². The van der Waals surface area contributed by atoms with E-state index in [1.807, 2.05) is 6.07 Å². The summed E-state index contributed by atoms with van der Waals surface area (Å²) in [5.41, 5.74) is 2.50. The van der Waals surface area contributed by atoms with Crippen LogP contribution >= 0.6 is 0 Å². The molecule has 0 N–H and O–H groups in total. The fourth-order valence-corrected chi connectivity index (χ4v) is 4.89. The predicted molar refractivity (Wildman–Crippen MR) is 149 cm³/mol. The smallest absolute Gasteiger partial charge is 0.201 e. The lowest BCUT2D eigenvalue weighted by atomic mass is 9.98. The van der Waals surface area contributed by atoms with E-state index in [9.17, 15) is 8.78 Å². The zero-order valence-corrected chi connectivity index (χ0v) is 23.0. The fourth-order valence-electron chi connectivity index (χ4n) is 4.89. The van der Waals surface area contributed by atoms with Gasteiger partial charge in [-0.1, -0.05) is 88.8 Å². The minimum atomic E-state index is -0.982. The van der Waals surface area contributed by atoms with Gasteiger partial charge in [-0.25, -0.2) is 8.78 Å². The van der Waals surface area contributed by atoms with Gasteiger partial charge in [-0.05, 0) is 47.7 Å². The molecule has 0 bridgehead atoms. The highest BCUT2D eigenvalue weighted by molar-refractivity contribution is 5.71. The first-order chi connectivity index (χ1) is 19.0. The minimum Gasteiger partial charge on any atom is -0.490 e. The van der Waals surface area contributed by atoms with Gasteiger partial charge in [0.05, 0.1) is 19.8 Å². The lowest BCUT2D eigenvalue weighted by Crippen LogP contribution is -2.27. The molecule has 1 fully saturated rings. The first kappa shape index (κ1) is 29.2. The van der Waals surface area contributed by atoms with Crippen molar-refractivity contribution in [3.63, 3.8) is 0 Å². The van der Waals surface area contributed by atoms with Gasteiger partial charge in [-0.3, -0.25) is 0 Å². The molecule has 0 atom stereocenters. The largest absolute Gasteiger partial charge is 0.490 e. The Morgan fingerprint density at radius 2 is 1.38 bits per heavy atom. The van der Waals surface area contributed by atoms with Gasteiger partial charge >= 0.3 is 0 Å². The molecule has 0 amide bonds. The van der Waals surface area contributed by atoms with E-state index in [4.69, 9.17) is 14.2 Å². The second-order valence-electron chi connectivity index (χ2n) is 10.3. The molecule has 0 unspecified atom stereocenters. The van der Waals surface area contributed by atoms with Crippen LogP contribution < -0.4 is 4.74 Å². The third kappa shape index (κ3) is 7.64. The average molecular weight is 541 g/mol. The lowest BCUT2D eigenvalue weighted by Gasteiger charge is -2.30. The molecule has 1 aliphatic rings. The highest BCUT2D eigenvalue weighted by Gasteiger charge is 2.25. The van der Waals surface area contributed by atoms with Gasteiger partial charge in [0.15, 0.2) is 17.9 Å². The van der Waals surface area contributed by atoms with Crippen molar-refractivity contribution in [2.45, 2.75) is 71.5 Å². The quantitative estimate of drug-likeness (QED) is 0.202. The Kier molecular flexibility index (Phi) is 10.9. The van der Waals surface area contributed by atoms with Crippen LogP contribution in [-0.4, -0.2) is 19.8 Å². The van der Waals surface area contributed by atoms with Gasteiger partial charge in [-0.2, -0.15) is 4.39 Å². The molecule has 210 valence electrons. The van der Waals surface area contributed by atoms with E-state index in [0.29, 0.717) is 42.4 Å². The number of rotatable bonds is 13. The number of hydrogen-bond donors (Lipinski definition) is 0. The van der Waals surface area contributed by atoms with Crippen LogP contribution in [0.2, 0.25) is 0 Å². The van der Waals surface area contributed by atoms with Crippen molar-refractivity contribution in [1.29, 1.82) is 0 Å². The molecule has 4 rings (SSSR count). The maximum Gasteiger partial charge on any atom is 0.201 e. The van der Waals surface area contributed by atoms with E-state index in [2.05, 4.69) is 13.8 Å². The van der Waals surface area contributed by atoms with Crippen molar-refractivity contribution in [3.8, 4) is 28.0 Å². The van der Waals surface area contributed by atoms with Crippen LogP contribution in [0.3, 0.4) is 0 Å². The van der Waals surface area contributed by atoms with E-state index in [0.717, 1.165) is 44.1 Å². The zero-order valence-electron chi connectivity index (χ0n) is 23.0. The van der Waals surface area contributed by atoms with Gasteiger partial charge in [-0.15, -0.1) is 0 Å². The van der Waals surface area contributed by atoms with Crippen LogP contribution in [0.4, 0.5) is 13.2 Å². The fraction of sp³-hybridized carbons (Fsp3) is 0.455. The molecule has 3 aromatic carbocycles. The molecule has 0 saturated carbocycles. The summed E-state index contributed by atoms with van der Waals surface area (Å²) >= 11 is 0. The van der Waals surface area contributed by atoms with E-state index >= 15 is 4.39 Å². The third-order valence-corrected chi connectivity index (χ3v) is 7.27. The van der Waals surface area contributed by atoms with E-state index < -0.39 is 23.7 Å². The molecule has 39 heavy (non-hydrogen) atoms. The molecule has 1 aliphatic heterocycles. The summed E-state index contributed by atoms with van der Waals surface area (Å²) in [5.74, 6) is -2.04. The number of benzene rings is 3. The Balaban J connectivity index is 1.39. The van der Waals surface area contributed by atoms with Crippen molar-refractivity contribution >= 4 is 0 Å². The highest BCUT2D eigenvalue weighted by Crippen LogP contribution is 2.34. The Hall–Kier alpha value is -2.83. The molecule has 3 aromatic rings. The van der Waals surface area contributed by atoms with Crippen LogP contribution in [0.1, 0.15) is 77.1 Å². The van der Waals surface area contributed by atoms with Gasteiger partial charge < -0.3 is 14.2 Å². The van der Waals surface area contributed by atoms with Crippen LogP contribution in [-0.2, 0) is 9.47 Å². The second-order valence-corrected chi connectivity index (χ2v) is 10.3. The molecule has 0 radical (unpaired) electrons. The molecule has 0 aromatic heterocycles. The molecule has 3 nitrogen and oxygen atoms in total. The summed E-state index contributed by atoms with van der Waals surface area (Å²) in [6.07, 6.45) is 7.88. The zero-order chi connectivity index (χ0) is 27.6. The first-order valence-corrected chi connectivity index (χ1v) is 14.3. The number of ether oxygens (including phenoxy) is 3. The molecule has 0 aliphatic carbocycles. The molecule has 0 spiro atoms. The molecule has 1 saturated heterocycles. The highest BCUT2D eigenvalue weighted by atomic mass is 19.2. The molecular weight excluding hydrogens is 501 g/mol. The SMILES string of the molecule is CCCCCCOc1ccc(-c2ccc(-c3ccc(C4OCC(CCCCC)CO4)c(F)c3)cc2)c(F)c1F. The minimum absolute atomic E-state index is 0.0714. The molecule has 1 heterocycles. The summed E-state index contributed by atoms with van der Waals surface area (Å²) < 4.78 is 61.6. The Labute approximate surface area is 230 Å². The predicted octanol–water partition coefficient (Wildman–Crippen LogP) is 9.64. The second kappa shape index (κ2) is 14.5. The number of unbranched alkanes of at least 4 members (excludes halogenated alkanes) is 5.